The van der Waals surface area contributed by atoms with Crippen LogP contribution in [0, 0.1) is 13.8 Å². The highest BCUT2D eigenvalue weighted by Crippen LogP contribution is 2.16. The molecule has 1 saturated heterocycles. The van der Waals surface area contributed by atoms with Crippen molar-refractivity contribution in [3.05, 3.63) is 17.5 Å². The second-order valence-corrected chi connectivity index (χ2v) is 5.14. The smallest absolute Gasteiger partial charge is 0.247 e. The van der Waals surface area contributed by atoms with E-state index in [-0.39, 0.29) is 11.9 Å². The van der Waals surface area contributed by atoms with Crippen LogP contribution < -0.4 is 5.32 Å². The molecule has 2 unspecified atom stereocenters. The van der Waals surface area contributed by atoms with Gasteiger partial charge in [-0.25, -0.2) is 0 Å². The maximum absolute atomic E-state index is 12.4. The van der Waals surface area contributed by atoms with Crippen molar-refractivity contribution in [1.82, 2.24) is 20.0 Å². The Balaban J connectivity index is 2.10. The molecule has 0 spiro atoms. The standard InChI is InChI=1S/C13H22N4O/c1-9-7-10(2)17(15-9)11(3)13(18)16(4)12-5-6-14-8-12/h7,11-12,14H,5-6,8H2,1-4H3. The number of hydrogen-bond acceptors (Lipinski definition) is 3. The van der Waals surface area contributed by atoms with Crippen LogP contribution >= 0.6 is 0 Å². The highest BCUT2D eigenvalue weighted by Gasteiger charge is 2.28. The average molecular weight is 250 g/mol. The number of aryl methyl sites for hydroxylation is 2. The topological polar surface area (TPSA) is 50.2 Å². The molecule has 0 aliphatic carbocycles. The second kappa shape index (κ2) is 5.10. The van der Waals surface area contributed by atoms with Crippen LogP contribution in [0.25, 0.3) is 0 Å². The van der Waals surface area contributed by atoms with E-state index in [0.29, 0.717) is 6.04 Å². The molecule has 0 aromatic carbocycles. The van der Waals surface area contributed by atoms with E-state index in [0.717, 1.165) is 30.9 Å². The molecule has 2 heterocycles. The number of carbonyl (C=O) groups is 1. The lowest BCUT2D eigenvalue weighted by Gasteiger charge is -2.27. The molecule has 1 aromatic rings. The number of likely N-dealkylation sites (N-methyl/N-ethyl adjacent to an activating group) is 1. The summed E-state index contributed by atoms with van der Waals surface area (Å²) in [6, 6.07) is 2.09. The maximum atomic E-state index is 12.4. The van der Waals surface area contributed by atoms with Crippen molar-refractivity contribution in [2.24, 2.45) is 0 Å². The number of nitrogens with one attached hydrogen (secondary N) is 1. The summed E-state index contributed by atoms with van der Waals surface area (Å²) in [6.45, 7) is 7.75. The van der Waals surface area contributed by atoms with Gasteiger partial charge >= 0.3 is 0 Å². The first-order valence-electron chi connectivity index (χ1n) is 6.51. The van der Waals surface area contributed by atoms with Crippen molar-refractivity contribution in [1.29, 1.82) is 0 Å². The summed E-state index contributed by atoms with van der Waals surface area (Å²) in [7, 11) is 1.89. The van der Waals surface area contributed by atoms with Gasteiger partial charge in [-0.1, -0.05) is 0 Å². The molecule has 1 amide bonds. The number of aromatic nitrogens is 2. The molecule has 1 N–H and O–H groups in total. The third-order valence-electron chi connectivity index (χ3n) is 3.70. The van der Waals surface area contributed by atoms with Gasteiger partial charge < -0.3 is 10.2 Å². The zero-order chi connectivity index (χ0) is 13.3. The first-order chi connectivity index (χ1) is 8.50. The number of hydrogen-bond donors (Lipinski definition) is 1. The molecule has 1 aromatic heterocycles. The number of carbonyl (C=O) groups excluding carboxylic acids is 1. The Bertz CT molecular complexity index is 434. The van der Waals surface area contributed by atoms with E-state index < -0.39 is 0 Å². The molecule has 1 aliphatic rings. The Kier molecular flexibility index (Phi) is 3.71. The minimum Gasteiger partial charge on any atom is -0.340 e. The molecule has 0 radical (unpaired) electrons. The Morgan fingerprint density at radius 3 is 2.83 bits per heavy atom. The molecular formula is C13H22N4O. The highest BCUT2D eigenvalue weighted by molar-refractivity contribution is 5.80. The van der Waals surface area contributed by atoms with E-state index in [2.05, 4.69) is 10.4 Å². The summed E-state index contributed by atoms with van der Waals surface area (Å²) in [4.78, 5) is 14.3. The summed E-state index contributed by atoms with van der Waals surface area (Å²) in [6.07, 6.45) is 1.03. The first-order valence-corrected chi connectivity index (χ1v) is 6.51. The Morgan fingerprint density at radius 1 is 1.61 bits per heavy atom. The summed E-state index contributed by atoms with van der Waals surface area (Å²) >= 11 is 0. The summed E-state index contributed by atoms with van der Waals surface area (Å²) in [5, 5.41) is 7.68. The largest absolute Gasteiger partial charge is 0.340 e. The summed E-state index contributed by atoms with van der Waals surface area (Å²) in [5.41, 5.74) is 1.99. The molecule has 0 bridgehead atoms. The van der Waals surface area contributed by atoms with Crippen LogP contribution in [0.5, 0.6) is 0 Å². The van der Waals surface area contributed by atoms with E-state index in [4.69, 9.17) is 0 Å². The SMILES string of the molecule is Cc1cc(C)n(C(C)C(=O)N(C)C2CCNC2)n1. The highest BCUT2D eigenvalue weighted by atomic mass is 16.2. The van der Waals surface area contributed by atoms with E-state index in [1.54, 1.807) is 0 Å². The molecule has 100 valence electrons. The lowest BCUT2D eigenvalue weighted by molar-refractivity contribution is -0.135. The molecule has 1 aliphatic heterocycles. The zero-order valence-corrected chi connectivity index (χ0v) is 11.6. The van der Waals surface area contributed by atoms with Crippen LogP contribution in [-0.4, -0.2) is 46.8 Å². The fourth-order valence-corrected chi connectivity index (χ4v) is 2.59. The predicted octanol–water partition coefficient (Wildman–Crippen LogP) is 0.881. The Morgan fingerprint density at radius 2 is 2.33 bits per heavy atom. The van der Waals surface area contributed by atoms with Gasteiger partial charge in [-0.05, 0) is 39.8 Å². The number of amides is 1. The zero-order valence-electron chi connectivity index (χ0n) is 11.6. The molecule has 5 nitrogen and oxygen atoms in total. The normalized spacial score (nSPS) is 21.0. The summed E-state index contributed by atoms with van der Waals surface area (Å²) < 4.78 is 1.82. The lowest BCUT2D eigenvalue weighted by atomic mass is 10.2. The van der Waals surface area contributed by atoms with Crippen molar-refractivity contribution in [2.75, 3.05) is 20.1 Å². The first kappa shape index (κ1) is 13.1. The maximum Gasteiger partial charge on any atom is 0.247 e. The third kappa shape index (κ3) is 2.41. The molecule has 2 atom stereocenters. The second-order valence-electron chi connectivity index (χ2n) is 5.14. The van der Waals surface area contributed by atoms with Crippen LogP contribution in [0.1, 0.15) is 30.8 Å². The summed E-state index contributed by atoms with van der Waals surface area (Å²) in [5.74, 6) is 0.134. The fourth-order valence-electron chi connectivity index (χ4n) is 2.59. The van der Waals surface area contributed by atoms with Gasteiger partial charge in [0.05, 0.1) is 5.69 Å². The number of rotatable bonds is 3. The minimum absolute atomic E-state index is 0.134. The molecular weight excluding hydrogens is 228 g/mol. The van der Waals surface area contributed by atoms with Crippen molar-refractivity contribution < 1.29 is 4.79 Å². The number of nitrogens with zero attached hydrogens (tertiary/aromatic N) is 3. The molecule has 18 heavy (non-hydrogen) atoms. The Labute approximate surface area is 108 Å². The fraction of sp³-hybridized carbons (Fsp3) is 0.692. The lowest BCUT2D eigenvalue weighted by Crippen LogP contribution is -2.42. The van der Waals surface area contributed by atoms with Gasteiger partial charge in [-0.2, -0.15) is 5.10 Å². The van der Waals surface area contributed by atoms with E-state index in [1.165, 1.54) is 0 Å². The van der Waals surface area contributed by atoms with E-state index in [1.807, 2.05) is 43.5 Å². The van der Waals surface area contributed by atoms with Crippen molar-refractivity contribution >= 4 is 5.91 Å². The van der Waals surface area contributed by atoms with Crippen molar-refractivity contribution in [3.8, 4) is 0 Å². The quantitative estimate of drug-likeness (QED) is 0.866. The van der Waals surface area contributed by atoms with Crippen LogP contribution in [0.4, 0.5) is 0 Å². The van der Waals surface area contributed by atoms with Crippen LogP contribution in [0.15, 0.2) is 6.07 Å². The molecule has 0 saturated carbocycles. The van der Waals surface area contributed by atoms with Gasteiger partial charge in [-0.15, -0.1) is 0 Å². The minimum atomic E-state index is -0.232. The molecule has 2 rings (SSSR count). The van der Waals surface area contributed by atoms with Gasteiger partial charge in [-0.3, -0.25) is 9.48 Å². The average Bonchev–Trinajstić information content (AvgIpc) is 2.96. The molecule has 5 heteroatoms. The third-order valence-corrected chi connectivity index (χ3v) is 3.70. The van der Waals surface area contributed by atoms with Gasteiger partial charge in [0.25, 0.3) is 0 Å². The van der Waals surface area contributed by atoms with Gasteiger partial charge in [0.1, 0.15) is 6.04 Å². The Hall–Kier alpha value is -1.36. The van der Waals surface area contributed by atoms with Crippen LogP contribution in [0.2, 0.25) is 0 Å². The van der Waals surface area contributed by atoms with Crippen LogP contribution in [-0.2, 0) is 4.79 Å². The predicted molar refractivity (Wildman–Crippen MR) is 70.5 cm³/mol. The van der Waals surface area contributed by atoms with E-state index >= 15 is 0 Å². The van der Waals surface area contributed by atoms with Crippen molar-refractivity contribution in [3.63, 3.8) is 0 Å². The van der Waals surface area contributed by atoms with Gasteiger partial charge in [0.15, 0.2) is 0 Å². The van der Waals surface area contributed by atoms with Crippen LogP contribution in [0.3, 0.4) is 0 Å². The monoisotopic (exact) mass is 250 g/mol. The molecule has 1 fully saturated rings. The van der Waals surface area contributed by atoms with Gasteiger partial charge in [0, 0.05) is 25.3 Å². The van der Waals surface area contributed by atoms with Crippen molar-refractivity contribution in [2.45, 2.75) is 39.3 Å². The van der Waals surface area contributed by atoms with Gasteiger partial charge in [0.2, 0.25) is 5.91 Å². The van der Waals surface area contributed by atoms with E-state index in [9.17, 15) is 4.79 Å².